The second kappa shape index (κ2) is 11.4. The van der Waals surface area contributed by atoms with Crippen molar-refractivity contribution in [2.24, 2.45) is 0 Å². The maximum Gasteiger partial charge on any atom is 0.416 e. The summed E-state index contributed by atoms with van der Waals surface area (Å²) >= 11 is 1.11. The topological polar surface area (TPSA) is 78.3 Å². The van der Waals surface area contributed by atoms with Crippen LogP contribution < -0.4 is 14.8 Å². The SMILES string of the molecule is COc1cccc(OC(C)c2nnc(SCC(=O)Nc3cccc(C(F)(F)F)c3)n2-c2ccccc2)c1. The normalized spacial score (nSPS) is 12.1. The predicted octanol–water partition coefficient (Wildman–Crippen LogP) is 6.17. The number of anilines is 1. The van der Waals surface area contributed by atoms with Gasteiger partial charge in [0.1, 0.15) is 11.5 Å². The van der Waals surface area contributed by atoms with Crippen LogP contribution in [0.5, 0.6) is 11.5 Å². The van der Waals surface area contributed by atoms with Gasteiger partial charge >= 0.3 is 6.18 Å². The highest BCUT2D eigenvalue weighted by molar-refractivity contribution is 7.99. The summed E-state index contributed by atoms with van der Waals surface area (Å²) in [5, 5.41) is 11.5. The third-order valence-electron chi connectivity index (χ3n) is 5.20. The summed E-state index contributed by atoms with van der Waals surface area (Å²) in [7, 11) is 1.57. The quantitative estimate of drug-likeness (QED) is 0.262. The van der Waals surface area contributed by atoms with E-state index in [0.717, 1.165) is 29.6 Å². The van der Waals surface area contributed by atoms with Gasteiger partial charge < -0.3 is 14.8 Å². The number of aromatic nitrogens is 3. The van der Waals surface area contributed by atoms with Gasteiger partial charge in [0.05, 0.1) is 18.4 Å². The summed E-state index contributed by atoms with van der Waals surface area (Å²) in [6.07, 6.45) is -5.00. The summed E-state index contributed by atoms with van der Waals surface area (Å²) in [5.41, 5.74) is -0.00762. The second-order valence-corrected chi connectivity index (χ2v) is 8.81. The highest BCUT2D eigenvalue weighted by Crippen LogP contribution is 2.31. The molecule has 0 radical (unpaired) electrons. The summed E-state index contributed by atoms with van der Waals surface area (Å²) in [5.74, 6) is 1.18. The van der Waals surface area contributed by atoms with Gasteiger partial charge in [0.25, 0.3) is 0 Å². The molecular weight excluding hydrogens is 505 g/mol. The van der Waals surface area contributed by atoms with E-state index in [4.69, 9.17) is 9.47 Å². The minimum Gasteiger partial charge on any atom is -0.497 e. The molecule has 4 aromatic rings. The van der Waals surface area contributed by atoms with Crippen LogP contribution in [0.4, 0.5) is 18.9 Å². The van der Waals surface area contributed by atoms with E-state index >= 15 is 0 Å². The van der Waals surface area contributed by atoms with Crippen LogP contribution in [0.2, 0.25) is 0 Å². The van der Waals surface area contributed by atoms with Crippen LogP contribution in [0.25, 0.3) is 5.69 Å². The summed E-state index contributed by atoms with van der Waals surface area (Å²) in [4.78, 5) is 12.5. The van der Waals surface area contributed by atoms with Gasteiger partial charge in [-0.25, -0.2) is 0 Å². The molecule has 0 spiro atoms. The Hall–Kier alpha value is -3.99. The fourth-order valence-corrected chi connectivity index (χ4v) is 4.25. The number of ether oxygens (including phenoxy) is 2. The molecule has 0 aliphatic heterocycles. The molecule has 3 aromatic carbocycles. The number of methoxy groups -OCH3 is 1. The first kappa shape index (κ1) is 26.1. The highest BCUT2D eigenvalue weighted by Gasteiger charge is 2.30. The van der Waals surface area contributed by atoms with Crippen LogP contribution in [0.15, 0.2) is 84.0 Å². The molecule has 0 aliphatic carbocycles. The Labute approximate surface area is 215 Å². The fraction of sp³-hybridized carbons (Fsp3) is 0.192. The Morgan fingerprint density at radius 1 is 1.00 bits per heavy atom. The average molecular weight is 529 g/mol. The van der Waals surface area contributed by atoms with Crippen molar-refractivity contribution in [2.45, 2.75) is 24.4 Å². The molecule has 0 saturated carbocycles. The van der Waals surface area contributed by atoms with E-state index in [1.54, 1.807) is 23.8 Å². The number of thioether (sulfide) groups is 1. The van der Waals surface area contributed by atoms with Gasteiger partial charge in [-0.1, -0.05) is 42.1 Å². The van der Waals surface area contributed by atoms with E-state index in [1.165, 1.54) is 12.1 Å². The number of carbonyl (C=O) groups excluding carboxylic acids is 1. The van der Waals surface area contributed by atoms with Crippen LogP contribution in [0.1, 0.15) is 24.4 Å². The minimum absolute atomic E-state index is 0.0611. The number of benzene rings is 3. The molecule has 1 amide bonds. The predicted molar refractivity (Wildman–Crippen MR) is 134 cm³/mol. The van der Waals surface area contributed by atoms with Crippen molar-refractivity contribution in [3.63, 3.8) is 0 Å². The number of alkyl halides is 3. The van der Waals surface area contributed by atoms with Gasteiger partial charge in [-0.05, 0) is 49.4 Å². The number of hydrogen-bond acceptors (Lipinski definition) is 6. The third-order valence-corrected chi connectivity index (χ3v) is 6.13. The largest absolute Gasteiger partial charge is 0.497 e. The Morgan fingerprint density at radius 2 is 1.73 bits per heavy atom. The van der Waals surface area contributed by atoms with Crippen molar-refractivity contribution in [1.29, 1.82) is 0 Å². The minimum atomic E-state index is -4.50. The molecule has 11 heteroatoms. The van der Waals surface area contributed by atoms with Gasteiger partial charge in [-0.3, -0.25) is 9.36 Å². The number of carbonyl (C=O) groups is 1. The molecule has 0 saturated heterocycles. The van der Waals surface area contributed by atoms with Crippen molar-refractivity contribution < 1.29 is 27.4 Å². The van der Waals surface area contributed by atoms with E-state index in [1.807, 2.05) is 49.4 Å². The first-order valence-corrected chi connectivity index (χ1v) is 12.1. The van der Waals surface area contributed by atoms with E-state index in [-0.39, 0.29) is 11.4 Å². The third kappa shape index (κ3) is 6.62. The molecule has 1 N–H and O–H groups in total. The maximum atomic E-state index is 13.0. The molecule has 192 valence electrons. The maximum absolute atomic E-state index is 13.0. The molecule has 4 rings (SSSR count). The Balaban J connectivity index is 1.52. The summed E-state index contributed by atoms with van der Waals surface area (Å²) < 4.78 is 52.0. The number of amides is 1. The number of hydrogen-bond donors (Lipinski definition) is 1. The van der Waals surface area contributed by atoms with Crippen molar-refractivity contribution in [1.82, 2.24) is 14.8 Å². The fourth-order valence-electron chi connectivity index (χ4n) is 3.49. The van der Waals surface area contributed by atoms with Gasteiger partial charge in [0, 0.05) is 17.4 Å². The summed E-state index contributed by atoms with van der Waals surface area (Å²) in [6, 6.07) is 21.0. The molecular formula is C26H23F3N4O3S. The molecule has 1 aromatic heterocycles. The Bertz CT molecular complexity index is 1360. The van der Waals surface area contributed by atoms with Crippen LogP contribution in [-0.4, -0.2) is 33.5 Å². The zero-order valence-electron chi connectivity index (χ0n) is 19.9. The van der Waals surface area contributed by atoms with E-state index in [0.29, 0.717) is 22.5 Å². The Morgan fingerprint density at radius 3 is 2.46 bits per heavy atom. The lowest BCUT2D eigenvalue weighted by Crippen LogP contribution is -2.16. The molecule has 37 heavy (non-hydrogen) atoms. The van der Waals surface area contributed by atoms with Crippen molar-refractivity contribution in [3.05, 3.63) is 90.3 Å². The zero-order valence-corrected chi connectivity index (χ0v) is 20.7. The molecule has 1 unspecified atom stereocenters. The highest BCUT2D eigenvalue weighted by atomic mass is 32.2. The molecule has 7 nitrogen and oxygen atoms in total. The number of rotatable bonds is 9. The van der Waals surface area contributed by atoms with Crippen molar-refractivity contribution in [3.8, 4) is 17.2 Å². The smallest absolute Gasteiger partial charge is 0.416 e. The number of para-hydroxylation sites is 1. The van der Waals surface area contributed by atoms with Crippen molar-refractivity contribution in [2.75, 3.05) is 18.2 Å². The van der Waals surface area contributed by atoms with E-state index < -0.39 is 23.8 Å². The van der Waals surface area contributed by atoms with Crippen LogP contribution >= 0.6 is 11.8 Å². The van der Waals surface area contributed by atoms with E-state index in [2.05, 4.69) is 15.5 Å². The van der Waals surface area contributed by atoms with Gasteiger partial charge in [-0.15, -0.1) is 10.2 Å². The van der Waals surface area contributed by atoms with Gasteiger partial charge in [0.2, 0.25) is 5.91 Å². The second-order valence-electron chi connectivity index (χ2n) is 7.87. The zero-order chi connectivity index (χ0) is 26.4. The van der Waals surface area contributed by atoms with Crippen LogP contribution in [0, 0.1) is 0 Å². The molecule has 0 aliphatic rings. The van der Waals surface area contributed by atoms with Crippen LogP contribution in [0.3, 0.4) is 0 Å². The first-order valence-electron chi connectivity index (χ1n) is 11.2. The summed E-state index contributed by atoms with van der Waals surface area (Å²) in [6.45, 7) is 1.83. The average Bonchev–Trinajstić information content (AvgIpc) is 3.32. The molecule has 0 bridgehead atoms. The first-order chi connectivity index (χ1) is 17.7. The lowest BCUT2D eigenvalue weighted by Gasteiger charge is -2.17. The lowest BCUT2D eigenvalue weighted by molar-refractivity contribution is -0.137. The lowest BCUT2D eigenvalue weighted by atomic mass is 10.2. The van der Waals surface area contributed by atoms with Crippen LogP contribution in [-0.2, 0) is 11.0 Å². The van der Waals surface area contributed by atoms with Crippen molar-refractivity contribution >= 4 is 23.4 Å². The standard InChI is InChI=1S/C26H23F3N4O3S/c1-17(36-22-13-7-12-21(15-22)35-2)24-31-32-25(33(24)20-10-4-3-5-11-20)37-16-23(34)30-19-9-6-8-18(14-19)26(27,28)29/h3-15,17H,16H2,1-2H3,(H,30,34). The Kier molecular flexibility index (Phi) is 8.02. The van der Waals surface area contributed by atoms with E-state index in [9.17, 15) is 18.0 Å². The monoisotopic (exact) mass is 528 g/mol. The molecule has 1 atom stereocenters. The molecule has 0 fully saturated rings. The number of nitrogens with zero attached hydrogens (tertiary/aromatic N) is 3. The van der Waals surface area contributed by atoms with Gasteiger partial charge in [-0.2, -0.15) is 13.2 Å². The number of halogens is 3. The van der Waals surface area contributed by atoms with Gasteiger partial charge in [0.15, 0.2) is 17.1 Å². The number of nitrogens with one attached hydrogen (secondary N) is 1. The molecule has 1 heterocycles.